The van der Waals surface area contributed by atoms with Crippen molar-refractivity contribution < 1.29 is 13.7 Å². The second kappa shape index (κ2) is 6.78. The number of furan rings is 1. The van der Waals surface area contributed by atoms with Gasteiger partial charge in [0.2, 0.25) is 5.91 Å². The van der Waals surface area contributed by atoms with E-state index in [9.17, 15) is 4.79 Å². The number of para-hydroxylation sites is 1. The SMILES string of the molecule is Cc1noc(C)c1CN1C(=O)[C@H]2CC[C@@H]1CN(Cc1cc3ccccc3o1)C2. The molecule has 1 amide bonds. The number of hydrogen-bond acceptors (Lipinski definition) is 5. The summed E-state index contributed by atoms with van der Waals surface area (Å²) in [6.07, 6.45) is 2.02. The number of benzene rings is 1. The van der Waals surface area contributed by atoms with Crippen molar-refractivity contribution in [2.24, 2.45) is 5.92 Å². The average Bonchev–Trinajstić information content (AvgIpc) is 3.11. The van der Waals surface area contributed by atoms with Gasteiger partial charge in [-0.15, -0.1) is 0 Å². The first-order chi connectivity index (χ1) is 13.6. The third-order valence-corrected chi connectivity index (χ3v) is 6.23. The van der Waals surface area contributed by atoms with Crippen molar-refractivity contribution in [3.05, 3.63) is 53.1 Å². The molecule has 1 aromatic carbocycles. The fourth-order valence-corrected chi connectivity index (χ4v) is 4.70. The zero-order valence-corrected chi connectivity index (χ0v) is 16.4. The number of carbonyl (C=O) groups is 1. The van der Waals surface area contributed by atoms with Crippen LogP contribution in [-0.2, 0) is 17.9 Å². The molecule has 5 heterocycles. The van der Waals surface area contributed by atoms with Gasteiger partial charge in [0.05, 0.1) is 24.7 Å². The van der Waals surface area contributed by atoms with Crippen LogP contribution in [0.4, 0.5) is 0 Å². The Morgan fingerprint density at radius 2 is 2.00 bits per heavy atom. The molecule has 0 radical (unpaired) electrons. The van der Waals surface area contributed by atoms with Crippen LogP contribution in [0, 0.1) is 19.8 Å². The predicted molar refractivity (Wildman–Crippen MR) is 105 cm³/mol. The van der Waals surface area contributed by atoms with E-state index in [2.05, 4.69) is 27.1 Å². The van der Waals surface area contributed by atoms with Gasteiger partial charge in [0.15, 0.2) is 0 Å². The summed E-state index contributed by atoms with van der Waals surface area (Å²) in [6, 6.07) is 10.4. The van der Waals surface area contributed by atoms with Crippen LogP contribution in [0.15, 0.2) is 39.3 Å². The molecule has 6 heteroatoms. The Kier molecular flexibility index (Phi) is 4.23. The summed E-state index contributed by atoms with van der Waals surface area (Å²) in [7, 11) is 0. The number of rotatable bonds is 4. The minimum Gasteiger partial charge on any atom is -0.460 e. The van der Waals surface area contributed by atoms with Crippen molar-refractivity contribution in [1.29, 1.82) is 0 Å². The van der Waals surface area contributed by atoms with Crippen molar-refractivity contribution in [1.82, 2.24) is 15.0 Å². The Labute approximate surface area is 164 Å². The van der Waals surface area contributed by atoms with Crippen molar-refractivity contribution in [3.63, 3.8) is 0 Å². The fraction of sp³-hybridized carbons (Fsp3) is 0.455. The van der Waals surface area contributed by atoms with Crippen molar-refractivity contribution >= 4 is 16.9 Å². The van der Waals surface area contributed by atoms with Crippen LogP contribution in [0.1, 0.15) is 35.6 Å². The Morgan fingerprint density at radius 1 is 1.14 bits per heavy atom. The molecule has 2 atom stereocenters. The number of fused-ring (bicyclic) bond motifs is 5. The molecule has 3 aromatic rings. The highest BCUT2D eigenvalue weighted by Crippen LogP contribution is 2.32. The van der Waals surface area contributed by atoms with Gasteiger partial charge in [-0.3, -0.25) is 9.69 Å². The maximum atomic E-state index is 13.1. The fourth-order valence-electron chi connectivity index (χ4n) is 4.70. The Bertz CT molecular complexity index is 969. The molecule has 0 saturated carbocycles. The van der Waals surface area contributed by atoms with E-state index in [0.29, 0.717) is 6.54 Å². The van der Waals surface area contributed by atoms with E-state index in [-0.39, 0.29) is 17.9 Å². The summed E-state index contributed by atoms with van der Waals surface area (Å²) in [4.78, 5) is 17.6. The van der Waals surface area contributed by atoms with Gasteiger partial charge in [-0.05, 0) is 38.8 Å². The first-order valence-corrected chi connectivity index (χ1v) is 10.0. The van der Waals surface area contributed by atoms with Gasteiger partial charge in [0, 0.05) is 30.1 Å². The summed E-state index contributed by atoms with van der Waals surface area (Å²) in [5.41, 5.74) is 2.85. The third-order valence-electron chi connectivity index (χ3n) is 6.23. The second-order valence-corrected chi connectivity index (χ2v) is 8.14. The summed E-state index contributed by atoms with van der Waals surface area (Å²) in [5, 5.41) is 5.18. The molecule has 28 heavy (non-hydrogen) atoms. The molecule has 0 N–H and O–H groups in total. The normalized spacial score (nSPS) is 22.9. The molecule has 3 aliphatic heterocycles. The monoisotopic (exact) mass is 379 g/mol. The number of amides is 1. The quantitative estimate of drug-likeness (QED) is 0.692. The largest absolute Gasteiger partial charge is 0.460 e. The number of aryl methyl sites for hydroxylation is 2. The number of aromatic nitrogens is 1. The van der Waals surface area contributed by atoms with E-state index in [1.54, 1.807) is 0 Å². The van der Waals surface area contributed by atoms with Gasteiger partial charge in [-0.2, -0.15) is 0 Å². The summed E-state index contributed by atoms with van der Waals surface area (Å²) in [5.74, 6) is 2.10. The second-order valence-electron chi connectivity index (χ2n) is 8.14. The molecule has 6 rings (SSSR count). The Hall–Kier alpha value is -2.60. The zero-order valence-electron chi connectivity index (χ0n) is 16.4. The lowest BCUT2D eigenvalue weighted by atomic mass is 9.93. The molecule has 2 aromatic heterocycles. The van der Waals surface area contributed by atoms with Crippen LogP contribution < -0.4 is 0 Å². The lowest BCUT2D eigenvalue weighted by molar-refractivity contribution is -0.140. The molecule has 0 spiro atoms. The van der Waals surface area contributed by atoms with Gasteiger partial charge < -0.3 is 13.8 Å². The van der Waals surface area contributed by atoms with Crippen LogP contribution in [0.3, 0.4) is 0 Å². The molecule has 3 saturated heterocycles. The van der Waals surface area contributed by atoms with Crippen LogP contribution >= 0.6 is 0 Å². The molecule has 0 unspecified atom stereocenters. The Morgan fingerprint density at radius 3 is 2.79 bits per heavy atom. The number of carbonyl (C=O) groups excluding carboxylic acids is 1. The van der Waals surface area contributed by atoms with Gasteiger partial charge in [0.25, 0.3) is 0 Å². The first-order valence-electron chi connectivity index (χ1n) is 10.0. The topological polar surface area (TPSA) is 62.7 Å². The lowest BCUT2D eigenvalue weighted by Crippen LogP contribution is -2.47. The number of nitrogens with zero attached hydrogens (tertiary/aromatic N) is 3. The molecule has 146 valence electrons. The number of hydrogen-bond donors (Lipinski definition) is 0. The maximum Gasteiger partial charge on any atom is 0.227 e. The van der Waals surface area contributed by atoms with Gasteiger partial charge in [-0.1, -0.05) is 23.4 Å². The van der Waals surface area contributed by atoms with E-state index in [1.165, 1.54) is 0 Å². The highest BCUT2D eigenvalue weighted by Gasteiger charge is 2.41. The average molecular weight is 379 g/mol. The maximum absolute atomic E-state index is 13.1. The summed E-state index contributed by atoms with van der Waals surface area (Å²) >= 11 is 0. The van der Waals surface area contributed by atoms with Crippen LogP contribution in [0.2, 0.25) is 0 Å². The van der Waals surface area contributed by atoms with Crippen LogP contribution in [0.5, 0.6) is 0 Å². The number of piperidine rings is 1. The van der Waals surface area contributed by atoms with Crippen LogP contribution in [0.25, 0.3) is 11.0 Å². The lowest BCUT2D eigenvalue weighted by Gasteiger charge is -2.36. The van der Waals surface area contributed by atoms with Gasteiger partial charge in [-0.25, -0.2) is 0 Å². The van der Waals surface area contributed by atoms with Crippen molar-refractivity contribution in [2.45, 2.75) is 45.8 Å². The molecule has 3 aliphatic rings. The van der Waals surface area contributed by atoms with Gasteiger partial charge >= 0.3 is 0 Å². The highest BCUT2D eigenvalue weighted by molar-refractivity contribution is 5.81. The van der Waals surface area contributed by atoms with Crippen molar-refractivity contribution in [2.75, 3.05) is 13.1 Å². The van der Waals surface area contributed by atoms with E-state index >= 15 is 0 Å². The van der Waals surface area contributed by atoms with E-state index in [1.807, 2.05) is 32.0 Å². The smallest absolute Gasteiger partial charge is 0.227 e. The molecule has 2 bridgehead atoms. The molecule has 0 aliphatic carbocycles. The standard InChI is InChI=1S/C22H25N3O3/c1-14-20(15(2)28-23-14)13-25-18-8-7-17(22(25)26)10-24(11-18)12-19-9-16-5-3-4-6-21(16)27-19/h3-6,9,17-18H,7-8,10-13H2,1-2H3/t17-,18+/m0/s1. The van der Waals surface area contributed by atoms with Crippen LogP contribution in [-0.4, -0.2) is 40.0 Å². The van der Waals surface area contributed by atoms with E-state index in [4.69, 9.17) is 8.94 Å². The van der Waals surface area contributed by atoms with E-state index in [0.717, 1.165) is 66.2 Å². The van der Waals surface area contributed by atoms with Crippen molar-refractivity contribution in [3.8, 4) is 0 Å². The molecular weight excluding hydrogens is 354 g/mol. The molecular formula is C22H25N3O3. The minimum atomic E-state index is 0.0589. The van der Waals surface area contributed by atoms with E-state index < -0.39 is 0 Å². The first kappa shape index (κ1) is 17.5. The summed E-state index contributed by atoms with van der Waals surface area (Å²) < 4.78 is 11.3. The minimum absolute atomic E-state index is 0.0589. The highest BCUT2D eigenvalue weighted by atomic mass is 16.5. The molecule has 6 nitrogen and oxygen atoms in total. The third kappa shape index (κ3) is 3.02. The Balaban J connectivity index is 1.36. The predicted octanol–water partition coefficient (Wildman–Crippen LogP) is 3.66. The molecule has 3 fully saturated rings. The zero-order chi connectivity index (χ0) is 19.3. The van der Waals surface area contributed by atoms with Gasteiger partial charge in [0.1, 0.15) is 17.1 Å². The summed E-state index contributed by atoms with van der Waals surface area (Å²) in [6.45, 7) is 6.88.